The van der Waals surface area contributed by atoms with E-state index < -0.39 is 0 Å². The summed E-state index contributed by atoms with van der Waals surface area (Å²) in [7, 11) is 1.73. The van der Waals surface area contributed by atoms with Crippen molar-refractivity contribution in [3.63, 3.8) is 0 Å². The molecule has 3 heteroatoms. The van der Waals surface area contributed by atoms with Gasteiger partial charge in [0.1, 0.15) is 11.5 Å². The van der Waals surface area contributed by atoms with Crippen LogP contribution in [0, 0.1) is 11.8 Å². The first-order chi connectivity index (χ1) is 11.6. The van der Waals surface area contributed by atoms with E-state index in [1.807, 2.05) is 6.08 Å². The number of ketones is 1. The second kappa shape index (κ2) is 5.73. The predicted molar refractivity (Wildman–Crippen MR) is 95.4 cm³/mol. The largest absolute Gasteiger partial charge is 0.497 e. The Kier molecular flexibility index (Phi) is 3.80. The number of ether oxygens (including phenoxy) is 1. The molecule has 2 fully saturated rings. The lowest BCUT2D eigenvalue weighted by Crippen LogP contribution is -2.64. The van der Waals surface area contributed by atoms with Gasteiger partial charge in [0.05, 0.1) is 7.11 Å². The summed E-state index contributed by atoms with van der Waals surface area (Å²) >= 11 is 0. The van der Waals surface area contributed by atoms with Crippen molar-refractivity contribution >= 4 is 5.78 Å². The number of benzene rings is 1. The van der Waals surface area contributed by atoms with E-state index in [1.165, 1.54) is 11.1 Å². The van der Waals surface area contributed by atoms with Crippen LogP contribution < -0.4 is 4.74 Å². The number of rotatable bonds is 3. The van der Waals surface area contributed by atoms with E-state index in [0.29, 0.717) is 30.1 Å². The Morgan fingerprint density at radius 2 is 2.25 bits per heavy atom. The lowest BCUT2D eigenvalue weighted by molar-refractivity contribution is -0.130. The second-order valence-corrected chi connectivity index (χ2v) is 7.91. The van der Waals surface area contributed by atoms with E-state index in [1.54, 1.807) is 7.11 Å². The first kappa shape index (κ1) is 15.9. The van der Waals surface area contributed by atoms with Gasteiger partial charge in [-0.2, -0.15) is 0 Å². The number of piperidine rings is 1. The van der Waals surface area contributed by atoms with Gasteiger partial charge in [-0.05, 0) is 54.5 Å². The molecular weight excluding hydrogens is 298 g/mol. The lowest BCUT2D eigenvalue weighted by atomic mass is 9.49. The average Bonchev–Trinajstić information content (AvgIpc) is 2.56. The molecule has 1 aromatic rings. The molecule has 1 heterocycles. The van der Waals surface area contributed by atoms with Crippen molar-refractivity contribution in [1.82, 2.24) is 4.90 Å². The molecule has 3 unspecified atom stereocenters. The minimum Gasteiger partial charge on any atom is -0.497 e. The van der Waals surface area contributed by atoms with E-state index in [9.17, 15) is 4.79 Å². The molecule has 0 N–H and O–H groups in total. The highest BCUT2D eigenvalue weighted by atomic mass is 16.5. The molecule has 0 amide bonds. The number of hydrogen-bond acceptors (Lipinski definition) is 3. The van der Waals surface area contributed by atoms with Crippen molar-refractivity contribution in [2.24, 2.45) is 11.8 Å². The van der Waals surface area contributed by atoms with Crippen LogP contribution in [0.2, 0.25) is 0 Å². The molecule has 1 saturated carbocycles. The molecule has 3 aliphatic rings. The van der Waals surface area contributed by atoms with Gasteiger partial charge in [-0.15, -0.1) is 6.58 Å². The normalized spacial score (nSPS) is 35.1. The minimum absolute atomic E-state index is 0.0131. The van der Waals surface area contributed by atoms with Crippen molar-refractivity contribution in [2.75, 3.05) is 20.2 Å². The third-order valence-corrected chi connectivity index (χ3v) is 6.69. The summed E-state index contributed by atoms with van der Waals surface area (Å²) in [5.74, 6) is 2.36. The number of nitrogens with zero attached hydrogens (tertiary/aromatic N) is 1. The summed E-state index contributed by atoms with van der Waals surface area (Å²) in [4.78, 5) is 15.1. The molecule has 2 aliphatic carbocycles. The van der Waals surface area contributed by atoms with Crippen LogP contribution in [0.4, 0.5) is 0 Å². The number of likely N-dealkylation sites (tertiary alicyclic amines) is 1. The van der Waals surface area contributed by atoms with Gasteiger partial charge >= 0.3 is 0 Å². The maximum atomic E-state index is 12.5. The molecular formula is C21H27NO2. The number of hydrogen-bond donors (Lipinski definition) is 0. The molecule has 0 radical (unpaired) electrons. The summed E-state index contributed by atoms with van der Waals surface area (Å²) < 4.78 is 5.50. The predicted octanol–water partition coefficient (Wildman–Crippen LogP) is 3.36. The Balaban J connectivity index is 1.87. The van der Waals surface area contributed by atoms with E-state index in [2.05, 4.69) is 36.6 Å². The fourth-order valence-electron chi connectivity index (χ4n) is 5.92. The zero-order valence-electron chi connectivity index (χ0n) is 14.8. The maximum absolute atomic E-state index is 12.5. The van der Waals surface area contributed by atoms with Crippen LogP contribution in [-0.2, 0) is 16.6 Å². The smallest absolute Gasteiger partial charge is 0.134 e. The number of fused-ring (bicyclic) bond motifs is 1. The van der Waals surface area contributed by atoms with Crippen LogP contribution >= 0.6 is 0 Å². The van der Waals surface area contributed by atoms with Gasteiger partial charge in [-0.3, -0.25) is 9.69 Å². The Bertz CT molecular complexity index is 682. The topological polar surface area (TPSA) is 29.5 Å². The summed E-state index contributed by atoms with van der Waals surface area (Å²) in [6, 6.07) is 7.03. The van der Waals surface area contributed by atoms with E-state index in [-0.39, 0.29) is 5.41 Å². The zero-order valence-corrected chi connectivity index (χ0v) is 14.8. The Morgan fingerprint density at radius 3 is 3.00 bits per heavy atom. The van der Waals surface area contributed by atoms with Crippen LogP contribution in [0.15, 0.2) is 30.9 Å². The van der Waals surface area contributed by atoms with E-state index >= 15 is 0 Å². The van der Waals surface area contributed by atoms with Crippen molar-refractivity contribution in [3.8, 4) is 5.75 Å². The van der Waals surface area contributed by atoms with Crippen LogP contribution in [0.25, 0.3) is 0 Å². The molecule has 2 bridgehead atoms. The standard InChI is InChI=1S/C21H27NO2/c1-4-8-22-9-7-21-13-16(23)10-14(2)20(21)19(22)11-15-5-6-17(24-3)12-18(15)21/h4-6,12,14,19-20H,1,7-11,13H2,2-3H3/t14?,19?,20-,21?/m0/s1. The zero-order chi connectivity index (χ0) is 16.9. The van der Waals surface area contributed by atoms with E-state index in [0.717, 1.165) is 38.1 Å². The van der Waals surface area contributed by atoms with Gasteiger partial charge in [0.2, 0.25) is 0 Å². The molecule has 1 aromatic carbocycles. The van der Waals surface area contributed by atoms with Gasteiger partial charge in [0, 0.05) is 30.8 Å². The van der Waals surface area contributed by atoms with Crippen LogP contribution in [-0.4, -0.2) is 36.9 Å². The summed E-state index contributed by atoms with van der Waals surface area (Å²) in [5, 5.41) is 0. The molecule has 128 valence electrons. The van der Waals surface area contributed by atoms with Crippen LogP contribution in [0.5, 0.6) is 5.75 Å². The molecule has 0 spiro atoms. The quantitative estimate of drug-likeness (QED) is 0.798. The Hall–Kier alpha value is -1.61. The molecule has 24 heavy (non-hydrogen) atoms. The monoisotopic (exact) mass is 325 g/mol. The maximum Gasteiger partial charge on any atom is 0.134 e. The van der Waals surface area contributed by atoms with Gasteiger partial charge < -0.3 is 4.74 Å². The summed E-state index contributed by atoms with van der Waals surface area (Å²) in [6.45, 7) is 8.24. The highest BCUT2D eigenvalue weighted by Crippen LogP contribution is 2.57. The highest BCUT2D eigenvalue weighted by Gasteiger charge is 2.57. The van der Waals surface area contributed by atoms with Crippen molar-refractivity contribution in [2.45, 2.75) is 44.1 Å². The number of Topliss-reactive ketones (excluding diaryl/α,β-unsaturated/α-hetero) is 1. The van der Waals surface area contributed by atoms with Crippen LogP contribution in [0.1, 0.15) is 37.3 Å². The molecule has 0 aromatic heterocycles. The Morgan fingerprint density at radius 1 is 1.42 bits per heavy atom. The van der Waals surface area contributed by atoms with Gasteiger partial charge in [-0.25, -0.2) is 0 Å². The van der Waals surface area contributed by atoms with Gasteiger partial charge in [0.15, 0.2) is 0 Å². The van der Waals surface area contributed by atoms with E-state index in [4.69, 9.17) is 4.74 Å². The van der Waals surface area contributed by atoms with Crippen LogP contribution in [0.3, 0.4) is 0 Å². The molecule has 1 aliphatic heterocycles. The molecule has 4 atom stereocenters. The first-order valence-corrected chi connectivity index (χ1v) is 9.13. The molecule has 3 nitrogen and oxygen atoms in total. The SMILES string of the molecule is C=CCN1CCC23CC(=O)CC(C)[C@H]2C1Cc1ccc(OC)cc13. The minimum atomic E-state index is 0.0131. The first-order valence-electron chi connectivity index (χ1n) is 9.13. The molecule has 4 rings (SSSR count). The highest BCUT2D eigenvalue weighted by molar-refractivity contribution is 5.82. The third-order valence-electron chi connectivity index (χ3n) is 6.69. The third kappa shape index (κ3) is 2.17. The van der Waals surface area contributed by atoms with Crippen molar-refractivity contribution in [1.29, 1.82) is 0 Å². The number of carbonyl (C=O) groups is 1. The van der Waals surface area contributed by atoms with Crippen molar-refractivity contribution < 1.29 is 9.53 Å². The summed E-state index contributed by atoms with van der Waals surface area (Å²) in [6.07, 6.45) is 5.62. The van der Waals surface area contributed by atoms with Crippen molar-refractivity contribution in [3.05, 3.63) is 42.0 Å². The lowest BCUT2D eigenvalue weighted by Gasteiger charge is -2.60. The fraction of sp³-hybridized carbons (Fsp3) is 0.571. The average molecular weight is 325 g/mol. The fourth-order valence-corrected chi connectivity index (χ4v) is 5.92. The van der Waals surface area contributed by atoms with Gasteiger partial charge in [0.25, 0.3) is 0 Å². The number of methoxy groups -OCH3 is 1. The van der Waals surface area contributed by atoms with Gasteiger partial charge in [-0.1, -0.05) is 19.1 Å². The summed E-state index contributed by atoms with van der Waals surface area (Å²) in [5.41, 5.74) is 2.81. The second-order valence-electron chi connectivity index (χ2n) is 7.91. The number of carbonyl (C=O) groups excluding carboxylic acids is 1. The Labute approximate surface area is 144 Å². The molecule has 1 saturated heterocycles.